The first-order valence-electron chi connectivity index (χ1n) is 37.7. The lowest BCUT2D eigenvalue weighted by Crippen LogP contribution is -2.34. The Morgan fingerprint density at radius 2 is 1.08 bits per heavy atom. The van der Waals surface area contributed by atoms with Gasteiger partial charge < -0.3 is 42.5 Å². The van der Waals surface area contributed by atoms with Gasteiger partial charge in [-0.1, -0.05) is 146 Å². The summed E-state index contributed by atoms with van der Waals surface area (Å²) in [4.78, 5) is 55.1. The maximum absolute atomic E-state index is 13.8. The van der Waals surface area contributed by atoms with Crippen LogP contribution in [-0.4, -0.2) is 96.6 Å². The van der Waals surface area contributed by atoms with Gasteiger partial charge in [0.1, 0.15) is 45.7 Å². The summed E-state index contributed by atoms with van der Waals surface area (Å²) in [6, 6.07) is 80.8. The first-order chi connectivity index (χ1) is 56.2. The molecule has 1 unspecified atom stereocenters. The van der Waals surface area contributed by atoms with Crippen molar-refractivity contribution in [2.75, 3.05) is 35.4 Å². The molecule has 8 aromatic carbocycles. The van der Waals surface area contributed by atoms with Gasteiger partial charge in [0, 0.05) is 78.2 Å². The largest absolute Gasteiger partial charge is 0.496 e. The van der Waals surface area contributed by atoms with Crippen LogP contribution in [-0.2, 0) is 89.8 Å². The number of nitrogens with zero attached hydrogens (tertiary/aromatic N) is 7. The number of carbonyl (C=O) groups is 3. The van der Waals surface area contributed by atoms with Crippen LogP contribution in [0, 0.1) is 24.1 Å². The number of amides is 3. The van der Waals surface area contributed by atoms with Gasteiger partial charge in [-0.05, 0) is 175 Å². The van der Waals surface area contributed by atoms with Crippen LogP contribution in [0.5, 0.6) is 11.5 Å². The molecule has 0 radical (unpaired) electrons. The molecule has 18 nitrogen and oxygen atoms in total. The van der Waals surface area contributed by atoms with E-state index in [9.17, 15) is 27.2 Å². The lowest BCUT2D eigenvalue weighted by molar-refractivity contribution is -0.133. The fourth-order valence-corrected chi connectivity index (χ4v) is 15.6. The normalized spacial score (nSPS) is 11.4. The van der Waals surface area contributed by atoms with Crippen LogP contribution in [0.4, 0.5) is 4.39 Å². The first-order valence-corrected chi connectivity index (χ1v) is 41.7. The fraction of sp³-hybridized carbons (Fsp3) is 0.237. The zero-order valence-electron chi connectivity index (χ0n) is 66.5. The number of para-hydroxylation sites is 2. The summed E-state index contributed by atoms with van der Waals surface area (Å²) in [5, 5.41) is 16.0. The number of hydrogen-bond acceptors (Lipinski definition) is 17. The zero-order chi connectivity index (χ0) is 82.4. The highest BCUT2D eigenvalue weighted by Crippen LogP contribution is 2.32. The highest BCUT2D eigenvalue weighted by molar-refractivity contribution is 7.89. The smallest absolute Gasteiger partial charge is 0.254 e. The minimum Gasteiger partial charge on any atom is -0.496 e. The molecule has 600 valence electrons. The van der Waals surface area contributed by atoms with E-state index in [2.05, 4.69) is 22.0 Å². The van der Waals surface area contributed by atoms with Gasteiger partial charge in [0.2, 0.25) is 15.9 Å². The van der Waals surface area contributed by atoms with Crippen LogP contribution in [0.25, 0.3) is 0 Å². The molecular weight excluding hydrogens is 1540 g/mol. The Morgan fingerprint density at radius 1 is 0.534 bits per heavy atom. The molecule has 0 N–H and O–H groups in total. The number of nitriles is 1. The highest BCUT2D eigenvalue weighted by Gasteiger charge is 2.30. The molecule has 0 aliphatic carbocycles. The standard InChI is InChI=1S/C25H23NO3.C24H27NO3S.C22H22FN3OS.C22H24N2O4S2/c1-19-14-15-23(29-19)18-26(17-22-13-8-16-28-22)25(27)24(20-9-4-2-5-10-20)21-11-6-3-7-12-21;1-18(2)28-17-19-10-12-20(13-11-19)24(26)25(16-22-8-6-14-29-22)15-21-7-4-5-9-23(21)27-3;1-16(27-2)22-25-21(15-28-22)14-26(13-19-4-3-5-20(23)10-19)12-18-8-6-17(11-24)7-9-18;1-23(2)30(26,27)20-12-10-17(11-13-20)22(25)24(16-19-8-6-14-29-19)15-18-7-4-5-9-21(18)28-3/h2-16,24H,17-18H2,1H3;4-14,18H,15-17H2,1-3H3;3-10,15-16H,12-14H2,1-2H3;4-14H,15-16H2,1-3H3. The van der Waals surface area contributed by atoms with Crippen molar-refractivity contribution in [2.45, 2.75) is 116 Å². The summed E-state index contributed by atoms with van der Waals surface area (Å²) >= 11 is 4.82. The molecule has 13 rings (SSSR count). The number of thiophene rings is 2. The van der Waals surface area contributed by atoms with Gasteiger partial charge in [-0.3, -0.25) is 19.3 Å². The van der Waals surface area contributed by atoms with E-state index >= 15 is 0 Å². The average Bonchev–Trinajstić information content (AvgIpc) is 1.62. The van der Waals surface area contributed by atoms with E-state index in [1.165, 1.54) is 32.3 Å². The molecule has 0 fully saturated rings. The Balaban J connectivity index is 0.000000163. The van der Waals surface area contributed by atoms with Gasteiger partial charge in [-0.25, -0.2) is 22.1 Å². The van der Waals surface area contributed by atoms with Crippen LogP contribution >= 0.6 is 34.0 Å². The van der Waals surface area contributed by atoms with Crippen molar-refractivity contribution in [3.63, 3.8) is 0 Å². The predicted molar refractivity (Wildman–Crippen MR) is 455 cm³/mol. The van der Waals surface area contributed by atoms with Crippen molar-refractivity contribution in [3.8, 4) is 17.6 Å². The third-order valence-corrected chi connectivity index (χ3v) is 23.1. The number of hydrogen-bond donors (Lipinski definition) is 0. The van der Waals surface area contributed by atoms with Crippen molar-refractivity contribution < 1.29 is 55.0 Å². The Hall–Kier alpha value is -11.4. The molecular formula is C93H96FN7O11S4. The van der Waals surface area contributed by atoms with Crippen LogP contribution < -0.4 is 9.47 Å². The summed E-state index contributed by atoms with van der Waals surface area (Å²) in [6.07, 6.45) is 1.77. The molecule has 0 saturated carbocycles. The number of furan rings is 2. The maximum atomic E-state index is 13.8. The van der Waals surface area contributed by atoms with E-state index in [1.807, 2.05) is 255 Å². The molecule has 3 amide bonds. The van der Waals surface area contributed by atoms with E-state index in [-0.39, 0.29) is 40.6 Å². The summed E-state index contributed by atoms with van der Waals surface area (Å²) < 4.78 is 72.5. The summed E-state index contributed by atoms with van der Waals surface area (Å²) in [5.74, 6) is 3.02. The third-order valence-electron chi connectivity index (χ3n) is 18.5. The van der Waals surface area contributed by atoms with Crippen molar-refractivity contribution in [3.05, 3.63) is 376 Å². The van der Waals surface area contributed by atoms with Crippen molar-refractivity contribution in [1.29, 1.82) is 5.26 Å². The minimum absolute atomic E-state index is 0.000587. The number of methoxy groups -OCH3 is 3. The number of aryl methyl sites for hydroxylation is 1. The number of thiazole rings is 1. The number of aromatic nitrogens is 1. The molecule has 5 heterocycles. The highest BCUT2D eigenvalue weighted by atomic mass is 32.2. The molecule has 116 heavy (non-hydrogen) atoms. The minimum atomic E-state index is -3.54. The Morgan fingerprint density at radius 3 is 1.57 bits per heavy atom. The molecule has 0 saturated heterocycles. The molecule has 0 bridgehead atoms. The third kappa shape index (κ3) is 25.8. The van der Waals surface area contributed by atoms with E-state index in [0.29, 0.717) is 87.9 Å². The maximum Gasteiger partial charge on any atom is 0.254 e. The molecule has 0 aliphatic heterocycles. The molecule has 5 aromatic heterocycles. The second kappa shape index (κ2) is 43.9. The first kappa shape index (κ1) is 87.0. The second-order valence-corrected chi connectivity index (χ2v) is 32.8. The van der Waals surface area contributed by atoms with E-state index in [1.54, 1.807) is 95.7 Å². The van der Waals surface area contributed by atoms with Gasteiger partial charge in [0.05, 0.1) is 101 Å². The van der Waals surface area contributed by atoms with Crippen LogP contribution in [0.1, 0.15) is 136 Å². The molecule has 23 heteroatoms. The summed E-state index contributed by atoms with van der Waals surface area (Å²) in [6.45, 7) is 13.0. The van der Waals surface area contributed by atoms with Gasteiger partial charge >= 0.3 is 0 Å². The molecule has 13 aromatic rings. The number of rotatable bonds is 32. The van der Waals surface area contributed by atoms with Crippen molar-refractivity contribution in [1.82, 2.24) is 28.9 Å². The predicted octanol–water partition coefficient (Wildman–Crippen LogP) is 20.0. The monoisotopic (exact) mass is 1630 g/mol. The Bertz CT molecular complexity index is 5270. The van der Waals surface area contributed by atoms with Gasteiger partial charge in [-0.15, -0.1) is 34.0 Å². The van der Waals surface area contributed by atoms with Crippen LogP contribution in [0.15, 0.2) is 291 Å². The molecule has 0 spiro atoms. The Labute approximate surface area is 691 Å². The molecule has 0 aliphatic rings. The molecule has 1 atom stereocenters. The van der Waals surface area contributed by atoms with E-state index in [4.69, 9.17) is 33.0 Å². The lowest BCUT2D eigenvalue weighted by Gasteiger charge is -2.27. The quantitative estimate of drug-likeness (QED) is 0.0385. The van der Waals surface area contributed by atoms with Gasteiger partial charge in [0.25, 0.3) is 11.8 Å². The number of halogens is 1. The van der Waals surface area contributed by atoms with Crippen molar-refractivity contribution >= 4 is 61.8 Å². The number of carbonyl (C=O) groups excluding carboxylic acids is 3. The average molecular weight is 1640 g/mol. The summed E-state index contributed by atoms with van der Waals surface area (Å²) in [7, 11) is 4.34. The number of ether oxygens (including phenoxy) is 4. The van der Waals surface area contributed by atoms with Crippen LogP contribution in [0.3, 0.4) is 0 Å². The van der Waals surface area contributed by atoms with Crippen LogP contribution in [0.2, 0.25) is 0 Å². The number of benzene rings is 8. The SMILES string of the molecule is COC(C)c1nc(CN(Cc2ccc(C#N)cc2)Cc2cccc(F)c2)cs1.COc1ccccc1CN(Cc1cccs1)C(=O)c1ccc(COC(C)C)cc1.COc1ccccc1CN(Cc1cccs1)C(=O)c1ccc(S(=O)(=O)N(C)C)cc1.Cc1ccc(CN(Cc2ccco2)C(=O)C(c2ccccc2)c2ccccc2)o1. The second-order valence-electron chi connectivity index (χ2n) is 27.7. The topological polar surface area (TPSA) is 201 Å². The Kier molecular flexibility index (Phi) is 32.9. The fourth-order valence-electron chi connectivity index (χ4n) is 12.4. The van der Waals surface area contributed by atoms with E-state index in [0.717, 1.165) is 86.7 Å². The van der Waals surface area contributed by atoms with E-state index < -0.39 is 15.9 Å². The van der Waals surface area contributed by atoms with Gasteiger partial charge in [-0.2, -0.15) is 5.26 Å². The summed E-state index contributed by atoms with van der Waals surface area (Å²) in [5.41, 5.74) is 9.58. The van der Waals surface area contributed by atoms with Crippen molar-refractivity contribution in [2.24, 2.45) is 0 Å². The lowest BCUT2D eigenvalue weighted by atomic mass is 9.90. The zero-order valence-corrected chi connectivity index (χ0v) is 69.8. The number of sulfonamides is 1. The van der Waals surface area contributed by atoms with Gasteiger partial charge in [0.15, 0.2) is 0 Å².